The Kier molecular flexibility index (Phi) is 9.08. The summed E-state index contributed by atoms with van der Waals surface area (Å²) < 4.78 is 36.3. The minimum Gasteiger partial charge on any atom is -0.462 e. The van der Waals surface area contributed by atoms with Crippen LogP contribution < -0.4 is 0 Å². The summed E-state index contributed by atoms with van der Waals surface area (Å²) in [4.78, 5) is 64.5. The van der Waals surface area contributed by atoms with Gasteiger partial charge in [-0.1, -0.05) is 39.0 Å². The molecule has 1 heterocycles. The van der Waals surface area contributed by atoms with E-state index in [1.807, 2.05) is 13.8 Å². The number of benzene rings is 1. The Bertz CT molecular complexity index is 1480. The molecule has 10 atom stereocenters. The third-order valence-corrected chi connectivity index (χ3v) is 10.8. The van der Waals surface area contributed by atoms with E-state index in [1.54, 1.807) is 44.2 Å². The first-order valence-corrected chi connectivity index (χ1v) is 15.9. The molecule has 1 aromatic carbocycles. The molecule has 1 N–H and O–H groups in total. The lowest BCUT2D eigenvalue weighted by atomic mass is 9.45. The van der Waals surface area contributed by atoms with Crippen LogP contribution in [0.25, 0.3) is 0 Å². The van der Waals surface area contributed by atoms with Gasteiger partial charge in [0.25, 0.3) is 0 Å². The molecule has 5 rings (SSSR count). The first kappa shape index (κ1) is 34.6. The average molecular weight is 657 g/mol. The van der Waals surface area contributed by atoms with E-state index in [4.69, 9.17) is 28.4 Å². The summed E-state index contributed by atoms with van der Waals surface area (Å²) in [6.07, 6.45) is -6.43. The minimum atomic E-state index is -1.61. The van der Waals surface area contributed by atoms with Crippen molar-refractivity contribution in [2.24, 2.45) is 22.7 Å². The molecule has 0 spiro atoms. The minimum absolute atomic E-state index is 0.0469. The highest BCUT2D eigenvalue weighted by molar-refractivity contribution is 5.89. The molecular weight excluding hydrogens is 612 g/mol. The van der Waals surface area contributed by atoms with E-state index in [0.29, 0.717) is 11.1 Å². The van der Waals surface area contributed by atoms with Gasteiger partial charge in [0.2, 0.25) is 0 Å². The van der Waals surface area contributed by atoms with Gasteiger partial charge in [-0.25, -0.2) is 4.79 Å². The summed E-state index contributed by atoms with van der Waals surface area (Å²) >= 11 is 0. The van der Waals surface area contributed by atoms with Crippen molar-refractivity contribution in [3.05, 3.63) is 47.0 Å². The molecule has 3 aliphatic carbocycles. The van der Waals surface area contributed by atoms with Crippen LogP contribution in [0.1, 0.15) is 78.6 Å². The molecule has 12 heteroatoms. The van der Waals surface area contributed by atoms with Gasteiger partial charge in [-0.3, -0.25) is 19.2 Å². The molecule has 1 aliphatic heterocycles. The Morgan fingerprint density at radius 1 is 0.830 bits per heavy atom. The zero-order valence-corrected chi connectivity index (χ0v) is 28.1. The Balaban J connectivity index is 1.83. The molecule has 2 bridgehead atoms. The Morgan fingerprint density at radius 3 is 1.98 bits per heavy atom. The van der Waals surface area contributed by atoms with Crippen molar-refractivity contribution in [2.75, 3.05) is 6.61 Å². The van der Waals surface area contributed by atoms with E-state index in [2.05, 4.69) is 0 Å². The molecule has 47 heavy (non-hydrogen) atoms. The highest BCUT2D eigenvalue weighted by Gasteiger charge is 2.76. The molecule has 0 radical (unpaired) electrons. The molecule has 12 nitrogen and oxygen atoms in total. The fourth-order valence-corrected chi connectivity index (χ4v) is 8.90. The van der Waals surface area contributed by atoms with Crippen LogP contribution in [0.15, 0.2) is 41.5 Å². The number of fused-ring (bicyclic) bond motifs is 5. The van der Waals surface area contributed by atoms with Gasteiger partial charge in [0.1, 0.15) is 30.5 Å². The molecule has 4 aliphatic rings. The van der Waals surface area contributed by atoms with Crippen LogP contribution in [-0.2, 0) is 47.6 Å². The average Bonchev–Trinajstić information content (AvgIpc) is 2.96. The Hall–Kier alpha value is -3.77. The standard InChI is InChI=1S/C35H44O12/c1-17-24(43-18(2)36)14-23-28(45-20(4)38)30-34(8,25(44-19(3)37)15-26-35(30,16-42-26)47-21(5)39)31(40)29(27(17)33(23,6)7)46-32(41)22-12-10-9-11-13-22/h9-13,23-26,28-31,40H,14-16H2,1-8H3. The van der Waals surface area contributed by atoms with Gasteiger partial charge in [-0.15, -0.1) is 0 Å². The summed E-state index contributed by atoms with van der Waals surface area (Å²) in [7, 11) is 0. The van der Waals surface area contributed by atoms with Crippen LogP contribution in [-0.4, -0.2) is 83.8 Å². The van der Waals surface area contributed by atoms with Gasteiger partial charge >= 0.3 is 29.8 Å². The maximum absolute atomic E-state index is 13.8. The molecule has 1 saturated heterocycles. The van der Waals surface area contributed by atoms with Crippen molar-refractivity contribution >= 4 is 29.8 Å². The number of aliphatic hydroxyl groups is 1. The van der Waals surface area contributed by atoms with Crippen molar-refractivity contribution in [1.29, 1.82) is 0 Å². The van der Waals surface area contributed by atoms with Crippen LogP contribution in [0, 0.1) is 22.7 Å². The Morgan fingerprint density at radius 2 is 1.45 bits per heavy atom. The summed E-state index contributed by atoms with van der Waals surface area (Å²) in [6, 6.07) is 8.30. The van der Waals surface area contributed by atoms with Gasteiger partial charge in [0.15, 0.2) is 11.7 Å². The van der Waals surface area contributed by atoms with Gasteiger partial charge in [0, 0.05) is 45.4 Å². The molecule has 2 saturated carbocycles. The highest BCUT2D eigenvalue weighted by atomic mass is 16.6. The van der Waals surface area contributed by atoms with Crippen molar-refractivity contribution < 1.29 is 57.5 Å². The van der Waals surface area contributed by atoms with Crippen LogP contribution in [0.3, 0.4) is 0 Å². The van der Waals surface area contributed by atoms with Gasteiger partial charge in [0.05, 0.1) is 18.1 Å². The monoisotopic (exact) mass is 656 g/mol. The second kappa shape index (κ2) is 12.4. The van der Waals surface area contributed by atoms with E-state index in [-0.39, 0.29) is 25.0 Å². The van der Waals surface area contributed by atoms with Crippen LogP contribution >= 0.6 is 0 Å². The number of aliphatic hydroxyl groups excluding tert-OH is 1. The van der Waals surface area contributed by atoms with Crippen LogP contribution in [0.4, 0.5) is 0 Å². The zero-order valence-electron chi connectivity index (χ0n) is 28.1. The lowest BCUT2D eigenvalue weighted by molar-refractivity contribution is -0.355. The predicted octanol–water partition coefficient (Wildman–Crippen LogP) is 3.47. The summed E-state index contributed by atoms with van der Waals surface area (Å²) in [5.74, 6) is -4.80. The predicted molar refractivity (Wildman–Crippen MR) is 163 cm³/mol. The third kappa shape index (κ3) is 5.73. The number of rotatable bonds is 6. The molecule has 0 aromatic heterocycles. The summed E-state index contributed by atoms with van der Waals surface area (Å²) in [5.41, 5.74) is -2.59. The topological polar surface area (TPSA) is 161 Å². The molecular formula is C35H44O12. The molecule has 10 unspecified atom stereocenters. The number of carbonyl (C=O) groups excluding carboxylic acids is 5. The molecule has 0 amide bonds. The number of carbonyl (C=O) groups is 5. The van der Waals surface area contributed by atoms with Crippen LogP contribution in [0.2, 0.25) is 0 Å². The maximum atomic E-state index is 13.8. The summed E-state index contributed by atoms with van der Waals surface area (Å²) in [5, 5.41) is 12.8. The lowest BCUT2D eigenvalue weighted by Gasteiger charge is -2.67. The lowest BCUT2D eigenvalue weighted by Crippen LogP contribution is -2.80. The fraction of sp³-hybridized carbons (Fsp3) is 0.629. The number of ether oxygens (including phenoxy) is 6. The normalized spacial score (nSPS) is 37.0. The fourth-order valence-electron chi connectivity index (χ4n) is 8.90. The van der Waals surface area contributed by atoms with Crippen molar-refractivity contribution in [1.82, 2.24) is 0 Å². The summed E-state index contributed by atoms with van der Waals surface area (Å²) in [6.45, 7) is 12.2. The van der Waals surface area contributed by atoms with E-state index < -0.39 is 94.7 Å². The van der Waals surface area contributed by atoms with E-state index in [1.165, 1.54) is 27.7 Å². The smallest absolute Gasteiger partial charge is 0.338 e. The molecule has 3 fully saturated rings. The van der Waals surface area contributed by atoms with E-state index in [0.717, 1.165) is 0 Å². The second-order valence-electron chi connectivity index (χ2n) is 14.0. The Labute approximate surface area is 274 Å². The van der Waals surface area contributed by atoms with Crippen molar-refractivity contribution in [2.45, 2.75) is 110 Å². The molecule has 1 aromatic rings. The number of hydrogen-bond donors (Lipinski definition) is 1. The largest absolute Gasteiger partial charge is 0.462 e. The second-order valence-corrected chi connectivity index (χ2v) is 14.0. The first-order valence-electron chi connectivity index (χ1n) is 15.9. The molecule has 256 valence electrons. The highest BCUT2D eigenvalue weighted by Crippen LogP contribution is 2.64. The number of esters is 5. The van der Waals surface area contributed by atoms with E-state index in [9.17, 15) is 29.1 Å². The van der Waals surface area contributed by atoms with Crippen molar-refractivity contribution in [3.63, 3.8) is 0 Å². The number of hydrogen-bond acceptors (Lipinski definition) is 12. The zero-order chi connectivity index (χ0) is 34.6. The van der Waals surface area contributed by atoms with Gasteiger partial charge < -0.3 is 33.5 Å². The van der Waals surface area contributed by atoms with Crippen LogP contribution in [0.5, 0.6) is 0 Å². The third-order valence-electron chi connectivity index (χ3n) is 10.8. The van der Waals surface area contributed by atoms with Crippen molar-refractivity contribution in [3.8, 4) is 0 Å². The maximum Gasteiger partial charge on any atom is 0.338 e. The van der Waals surface area contributed by atoms with Gasteiger partial charge in [-0.2, -0.15) is 0 Å². The first-order chi connectivity index (χ1) is 21.9. The SMILES string of the molecule is CC(=O)OC1CC2C(OC(C)=O)C3C4(OC(C)=O)COC4CC(OC(C)=O)C3(C)C(O)C(OC(=O)c3ccccc3)C(=C1C)C2(C)C. The van der Waals surface area contributed by atoms with E-state index >= 15 is 0 Å². The quantitative estimate of drug-likeness (QED) is 0.270. The van der Waals surface area contributed by atoms with Gasteiger partial charge in [-0.05, 0) is 42.0 Å².